The monoisotopic (exact) mass is 288 g/mol. The standard InChI is InChI=1S/C17H20O2S/c1-13-12-15(14(2)18)8-9-17(13)19-10-11-20-16-6-4-3-5-7-16/h3-9,12,14,18H,10-11H2,1-2H3/t14-/m1/s1. The molecule has 1 N–H and O–H groups in total. The lowest BCUT2D eigenvalue weighted by Gasteiger charge is -2.12. The highest BCUT2D eigenvalue weighted by molar-refractivity contribution is 7.99. The van der Waals surface area contributed by atoms with Gasteiger partial charge in [0.2, 0.25) is 0 Å². The van der Waals surface area contributed by atoms with E-state index in [2.05, 4.69) is 12.1 Å². The Morgan fingerprint density at radius 2 is 1.90 bits per heavy atom. The third-order valence-corrected chi connectivity index (χ3v) is 4.01. The molecule has 2 nitrogen and oxygen atoms in total. The topological polar surface area (TPSA) is 29.5 Å². The minimum atomic E-state index is -0.434. The number of hydrogen-bond acceptors (Lipinski definition) is 3. The molecular weight excluding hydrogens is 268 g/mol. The van der Waals surface area contributed by atoms with Gasteiger partial charge in [-0.3, -0.25) is 0 Å². The summed E-state index contributed by atoms with van der Waals surface area (Å²) in [6.07, 6.45) is -0.434. The molecule has 0 amide bonds. The summed E-state index contributed by atoms with van der Waals surface area (Å²) in [5.41, 5.74) is 1.99. The van der Waals surface area contributed by atoms with E-state index in [1.54, 1.807) is 18.7 Å². The fourth-order valence-corrected chi connectivity index (χ4v) is 2.67. The fraction of sp³-hybridized carbons (Fsp3) is 0.294. The molecule has 0 aliphatic heterocycles. The number of hydrogen-bond donors (Lipinski definition) is 1. The quantitative estimate of drug-likeness (QED) is 0.637. The molecule has 2 aromatic carbocycles. The van der Waals surface area contributed by atoms with Gasteiger partial charge < -0.3 is 9.84 Å². The van der Waals surface area contributed by atoms with E-state index in [0.717, 1.165) is 22.6 Å². The number of thioether (sulfide) groups is 1. The number of ether oxygens (including phenoxy) is 1. The molecule has 0 spiro atoms. The van der Waals surface area contributed by atoms with Gasteiger partial charge in [-0.05, 0) is 49.2 Å². The van der Waals surface area contributed by atoms with E-state index < -0.39 is 6.10 Å². The molecule has 0 saturated carbocycles. The number of aliphatic hydroxyl groups is 1. The molecular formula is C17H20O2S. The molecule has 3 heteroatoms. The summed E-state index contributed by atoms with van der Waals surface area (Å²) in [7, 11) is 0. The van der Waals surface area contributed by atoms with Crippen molar-refractivity contribution in [2.75, 3.05) is 12.4 Å². The van der Waals surface area contributed by atoms with Crippen molar-refractivity contribution in [3.8, 4) is 5.75 Å². The van der Waals surface area contributed by atoms with Crippen LogP contribution in [-0.2, 0) is 0 Å². The van der Waals surface area contributed by atoms with Crippen LogP contribution in [0.25, 0.3) is 0 Å². The van der Waals surface area contributed by atoms with Gasteiger partial charge in [0.1, 0.15) is 5.75 Å². The predicted octanol–water partition coefficient (Wildman–Crippen LogP) is 4.22. The molecule has 1 atom stereocenters. The van der Waals surface area contributed by atoms with Gasteiger partial charge in [-0.1, -0.05) is 24.3 Å². The van der Waals surface area contributed by atoms with Crippen molar-refractivity contribution in [1.29, 1.82) is 0 Å². The number of rotatable bonds is 6. The molecule has 0 aliphatic rings. The SMILES string of the molecule is Cc1cc([C@@H](C)O)ccc1OCCSc1ccccc1. The maximum Gasteiger partial charge on any atom is 0.122 e. The van der Waals surface area contributed by atoms with Crippen molar-refractivity contribution in [2.24, 2.45) is 0 Å². The van der Waals surface area contributed by atoms with Gasteiger partial charge in [-0.25, -0.2) is 0 Å². The van der Waals surface area contributed by atoms with Gasteiger partial charge in [0.15, 0.2) is 0 Å². The molecule has 0 bridgehead atoms. The molecule has 0 heterocycles. The van der Waals surface area contributed by atoms with Crippen molar-refractivity contribution < 1.29 is 9.84 Å². The van der Waals surface area contributed by atoms with Crippen molar-refractivity contribution in [3.05, 3.63) is 59.7 Å². The van der Waals surface area contributed by atoms with Crippen LogP contribution in [0.3, 0.4) is 0 Å². The minimum absolute atomic E-state index is 0.434. The van der Waals surface area contributed by atoms with Crippen molar-refractivity contribution in [2.45, 2.75) is 24.8 Å². The highest BCUT2D eigenvalue weighted by Gasteiger charge is 2.05. The summed E-state index contributed by atoms with van der Waals surface area (Å²) in [6.45, 7) is 4.45. The Hall–Kier alpha value is -1.45. The number of aliphatic hydroxyl groups excluding tert-OH is 1. The maximum atomic E-state index is 9.54. The largest absolute Gasteiger partial charge is 0.492 e. The average molecular weight is 288 g/mol. The minimum Gasteiger partial charge on any atom is -0.492 e. The second-order valence-corrected chi connectivity index (χ2v) is 5.88. The molecule has 0 saturated heterocycles. The molecule has 0 aliphatic carbocycles. The summed E-state index contributed by atoms with van der Waals surface area (Å²) >= 11 is 1.79. The van der Waals surface area contributed by atoms with Crippen molar-refractivity contribution >= 4 is 11.8 Å². The first-order valence-corrected chi connectivity index (χ1v) is 7.74. The zero-order valence-corrected chi connectivity index (χ0v) is 12.7. The Morgan fingerprint density at radius 1 is 1.15 bits per heavy atom. The predicted molar refractivity (Wildman–Crippen MR) is 84.5 cm³/mol. The highest BCUT2D eigenvalue weighted by Crippen LogP contribution is 2.23. The highest BCUT2D eigenvalue weighted by atomic mass is 32.2. The van der Waals surface area contributed by atoms with Gasteiger partial charge >= 0.3 is 0 Å². The average Bonchev–Trinajstić information content (AvgIpc) is 2.46. The lowest BCUT2D eigenvalue weighted by atomic mass is 10.1. The van der Waals surface area contributed by atoms with Crippen LogP contribution in [0.2, 0.25) is 0 Å². The summed E-state index contributed by atoms with van der Waals surface area (Å²) in [4.78, 5) is 1.26. The zero-order valence-electron chi connectivity index (χ0n) is 11.9. The van der Waals surface area contributed by atoms with Crippen LogP contribution in [0.5, 0.6) is 5.75 Å². The van der Waals surface area contributed by atoms with E-state index >= 15 is 0 Å². The third kappa shape index (κ3) is 4.29. The first-order valence-electron chi connectivity index (χ1n) is 6.76. The fourth-order valence-electron chi connectivity index (χ4n) is 1.92. The number of aryl methyl sites for hydroxylation is 1. The van der Waals surface area contributed by atoms with E-state index in [1.165, 1.54) is 4.90 Å². The molecule has 0 aromatic heterocycles. The molecule has 0 fully saturated rings. The van der Waals surface area contributed by atoms with E-state index in [9.17, 15) is 5.11 Å². The Morgan fingerprint density at radius 3 is 2.55 bits per heavy atom. The molecule has 106 valence electrons. The third-order valence-electron chi connectivity index (χ3n) is 3.03. The maximum absolute atomic E-state index is 9.54. The molecule has 0 unspecified atom stereocenters. The summed E-state index contributed by atoms with van der Waals surface area (Å²) in [5, 5.41) is 9.54. The van der Waals surface area contributed by atoms with Gasteiger partial charge in [-0.15, -0.1) is 11.8 Å². The van der Waals surface area contributed by atoms with E-state index in [4.69, 9.17) is 4.74 Å². The van der Waals surface area contributed by atoms with Crippen LogP contribution in [0.1, 0.15) is 24.2 Å². The first-order chi connectivity index (χ1) is 9.66. The summed E-state index contributed by atoms with van der Waals surface area (Å²) < 4.78 is 5.79. The van der Waals surface area contributed by atoms with Gasteiger partial charge in [-0.2, -0.15) is 0 Å². The molecule has 2 aromatic rings. The Labute approximate surface area is 124 Å². The Kier molecular flexibility index (Phi) is 5.50. The van der Waals surface area contributed by atoms with Crippen LogP contribution in [-0.4, -0.2) is 17.5 Å². The normalized spacial score (nSPS) is 12.2. The smallest absolute Gasteiger partial charge is 0.122 e. The molecule has 0 radical (unpaired) electrons. The van der Waals surface area contributed by atoms with Gasteiger partial charge in [0, 0.05) is 10.6 Å². The summed E-state index contributed by atoms with van der Waals surface area (Å²) in [6, 6.07) is 16.1. The second kappa shape index (κ2) is 7.36. The lowest BCUT2D eigenvalue weighted by Crippen LogP contribution is -2.02. The van der Waals surface area contributed by atoms with Crippen LogP contribution >= 0.6 is 11.8 Å². The Balaban J connectivity index is 1.82. The van der Waals surface area contributed by atoms with Gasteiger partial charge in [0.25, 0.3) is 0 Å². The van der Waals surface area contributed by atoms with Crippen molar-refractivity contribution in [3.63, 3.8) is 0 Å². The van der Waals surface area contributed by atoms with Crippen LogP contribution in [0.4, 0.5) is 0 Å². The number of benzene rings is 2. The van der Waals surface area contributed by atoms with E-state index in [0.29, 0.717) is 6.61 Å². The van der Waals surface area contributed by atoms with Gasteiger partial charge in [0.05, 0.1) is 12.7 Å². The zero-order chi connectivity index (χ0) is 14.4. The lowest BCUT2D eigenvalue weighted by molar-refractivity contribution is 0.199. The van der Waals surface area contributed by atoms with Crippen LogP contribution in [0, 0.1) is 6.92 Å². The van der Waals surface area contributed by atoms with Crippen LogP contribution in [0.15, 0.2) is 53.4 Å². The van der Waals surface area contributed by atoms with E-state index in [1.807, 2.05) is 43.3 Å². The molecule has 2 rings (SSSR count). The van der Waals surface area contributed by atoms with Crippen LogP contribution < -0.4 is 4.74 Å². The summed E-state index contributed by atoms with van der Waals surface area (Å²) in [5.74, 6) is 1.81. The van der Waals surface area contributed by atoms with E-state index in [-0.39, 0.29) is 0 Å². The van der Waals surface area contributed by atoms with Crippen molar-refractivity contribution in [1.82, 2.24) is 0 Å². The first kappa shape index (κ1) is 14.9. The second-order valence-electron chi connectivity index (χ2n) is 4.71. The molecule has 20 heavy (non-hydrogen) atoms. The Bertz CT molecular complexity index is 538.